The van der Waals surface area contributed by atoms with E-state index in [1.807, 2.05) is 20.8 Å². The molecule has 1 aliphatic heterocycles. The SMILES string of the molecule is CC(=O)Nc1nc(C)c(-c2cc3c(c(S(=O)(=O)Cl)c2)C(=O)N(C(C)(C)C)C3)s1. The summed E-state index contributed by atoms with van der Waals surface area (Å²) in [7, 11) is 1.53. The number of benzene rings is 1. The molecule has 150 valence electrons. The summed E-state index contributed by atoms with van der Waals surface area (Å²) in [4.78, 5) is 30.6. The van der Waals surface area contributed by atoms with Gasteiger partial charge in [-0.2, -0.15) is 0 Å². The van der Waals surface area contributed by atoms with Crippen molar-refractivity contribution in [1.29, 1.82) is 0 Å². The molecule has 28 heavy (non-hydrogen) atoms. The number of carbonyl (C=O) groups is 2. The molecule has 1 aliphatic rings. The van der Waals surface area contributed by atoms with Crippen LogP contribution in [0.3, 0.4) is 0 Å². The van der Waals surface area contributed by atoms with Crippen molar-refractivity contribution >= 4 is 48.0 Å². The lowest BCUT2D eigenvalue weighted by Gasteiger charge is -2.31. The number of fused-ring (bicyclic) bond motifs is 1. The van der Waals surface area contributed by atoms with Crippen LogP contribution in [0.2, 0.25) is 0 Å². The number of hydrogen-bond donors (Lipinski definition) is 1. The second-order valence-electron chi connectivity index (χ2n) is 7.62. The normalized spacial score (nSPS) is 14.4. The lowest BCUT2D eigenvalue weighted by molar-refractivity contribution is -0.114. The van der Waals surface area contributed by atoms with Gasteiger partial charge in [0.25, 0.3) is 15.0 Å². The Morgan fingerprint density at radius 3 is 2.50 bits per heavy atom. The molecule has 0 atom stereocenters. The average Bonchev–Trinajstić information content (AvgIpc) is 3.05. The van der Waals surface area contributed by atoms with Gasteiger partial charge in [-0.15, -0.1) is 0 Å². The first-order valence-corrected chi connectivity index (χ1v) is 11.6. The number of halogens is 1. The van der Waals surface area contributed by atoms with Crippen LogP contribution in [0.4, 0.5) is 5.13 Å². The highest BCUT2D eigenvalue weighted by molar-refractivity contribution is 8.13. The molecule has 0 radical (unpaired) electrons. The van der Waals surface area contributed by atoms with E-state index in [0.29, 0.717) is 33.4 Å². The van der Waals surface area contributed by atoms with Gasteiger partial charge in [-0.05, 0) is 51.0 Å². The van der Waals surface area contributed by atoms with Crippen LogP contribution in [0.15, 0.2) is 17.0 Å². The molecule has 0 bridgehead atoms. The van der Waals surface area contributed by atoms with Crippen molar-refractivity contribution in [2.45, 2.75) is 51.6 Å². The molecule has 1 N–H and O–H groups in total. The number of hydrogen-bond acceptors (Lipinski definition) is 6. The van der Waals surface area contributed by atoms with Crippen molar-refractivity contribution in [3.8, 4) is 10.4 Å². The highest BCUT2D eigenvalue weighted by Crippen LogP contribution is 2.40. The summed E-state index contributed by atoms with van der Waals surface area (Å²) in [6.07, 6.45) is 0. The third-order valence-corrected chi connectivity index (χ3v) is 6.85. The summed E-state index contributed by atoms with van der Waals surface area (Å²) >= 11 is 1.23. The summed E-state index contributed by atoms with van der Waals surface area (Å²) < 4.78 is 24.5. The standard InChI is InChI=1S/C18H20ClN3O4S2/c1-9-15(27-17(20-9)21-10(2)23)11-6-12-8-22(18(3,4)5)16(24)14(12)13(7-11)28(19,25)26/h6-7H,8H2,1-5H3,(H,20,21,23). The Morgan fingerprint density at radius 2 is 1.96 bits per heavy atom. The topological polar surface area (TPSA) is 96.4 Å². The average molecular weight is 442 g/mol. The van der Waals surface area contributed by atoms with Crippen molar-refractivity contribution in [2.24, 2.45) is 0 Å². The largest absolute Gasteiger partial charge is 0.329 e. The van der Waals surface area contributed by atoms with Gasteiger partial charge < -0.3 is 10.2 Å². The number of rotatable bonds is 3. The maximum absolute atomic E-state index is 12.9. The fourth-order valence-corrected chi connectivity index (χ4v) is 5.25. The van der Waals surface area contributed by atoms with E-state index >= 15 is 0 Å². The number of thiazole rings is 1. The molecule has 0 saturated heterocycles. The number of amides is 2. The summed E-state index contributed by atoms with van der Waals surface area (Å²) in [6, 6.07) is 3.20. The first kappa shape index (κ1) is 20.8. The fraction of sp³-hybridized carbons (Fsp3) is 0.389. The predicted molar refractivity (Wildman–Crippen MR) is 109 cm³/mol. The van der Waals surface area contributed by atoms with Gasteiger partial charge in [-0.1, -0.05) is 11.3 Å². The van der Waals surface area contributed by atoms with Gasteiger partial charge in [0, 0.05) is 29.7 Å². The van der Waals surface area contributed by atoms with Gasteiger partial charge in [0.05, 0.1) is 21.0 Å². The third-order valence-electron chi connectivity index (χ3n) is 4.39. The molecule has 0 spiro atoms. The third kappa shape index (κ3) is 3.78. The number of nitrogens with zero attached hydrogens (tertiary/aromatic N) is 2. The number of aryl methyl sites for hydroxylation is 1. The maximum atomic E-state index is 12.9. The molecule has 2 amide bonds. The second-order valence-corrected chi connectivity index (χ2v) is 11.2. The van der Waals surface area contributed by atoms with E-state index in [1.165, 1.54) is 24.3 Å². The number of anilines is 1. The number of carbonyl (C=O) groups excluding carboxylic acids is 2. The van der Waals surface area contributed by atoms with Crippen LogP contribution in [0.25, 0.3) is 10.4 Å². The van der Waals surface area contributed by atoms with E-state index in [2.05, 4.69) is 10.3 Å². The van der Waals surface area contributed by atoms with Crippen LogP contribution in [0.1, 0.15) is 49.3 Å². The summed E-state index contributed by atoms with van der Waals surface area (Å²) in [5.74, 6) is -0.599. The minimum Gasteiger partial charge on any atom is -0.329 e. The van der Waals surface area contributed by atoms with E-state index in [-0.39, 0.29) is 22.3 Å². The predicted octanol–water partition coefficient (Wildman–Crippen LogP) is 3.76. The van der Waals surface area contributed by atoms with Crippen LogP contribution in [0, 0.1) is 6.92 Å². The maximum Gasteiger partial charge on any atom is 0.262 e. The van der Waals surface area contributed by atoms with Crippen molar-refractivity contribution in [2.75, 3.05) is 5.32 Å². The monoisotopic (exact) mass is 441 g/mol. The van der Waals surface area contributed by atoms with Crippen molar-refractivity contribution in [3.05, 3.63) is 29.0 Å². The first-order valence-electron chi connectivity index (χ1n) is 8.48. The Bertz CT molecular complexity index is 1100. The lowest BCUT2D eigenvalue weighted by atomic mass is 10.0. The van der Waals surface area contributed by atoms with E-state index in [4.69, 9.17) is 10.7 Å². The van der Waals surface area contributed by atoms with E-state index in [9.17, 15) is 18.0 Å². The highest BCUT2D eigenvalue weighted by Gasteiger charge is 2.39. The second kappa shape index (κ2) is 6.82. The molecule has 3 rings (SSSR count). The minimum absolute atomic E-state index is 0.123. The van der Waals surface area contributed by atoms with Crippen LogP contribution < -0.4 is 5.32 Å². The minimum atomic E-state index is -4.15. The molecule has 10 heteroatoms. The van der Waals surface area contributed by atoms with Gasteiger partial charge in [0.2, 0.25) is 5.91 Å². The number of aromatic nitrogens is 1. The van der Waals surface area contributed by atoms with Gasteiger partial charge >= 0.3 is 0 Å². The van der Waals surface area contributed by atoms with Crippen molar-refractivity contribution in [3.63, 3.8) is 0 Å². The smallest absolute Gasteiger partial charge is 0.262 e. The van der Waals surface area contributed by atoms with Crippen molar-refractivity contribution < 1.29 is 18.0 Å². The Kier molecular flexibility index (Phi) is 5.06. The highest BCUT2D eigenvalue weighted by atomic mass is 35.7. The molecule has 0 unspecified atom stereocenters. The van der Waals surface area contributed by atoms with E-state index in [1.54, 1.807) is 17.9 Å². The van der Waals surface area contributed by atoms with Gasteiger partial charge in [-0.25, -0.2) is 13.4 Å². The molecule has 7 nitrogen and oxygen atoms in total. The Hall–Kier alpha value is -1.97. The fourth-order valence-electron chi connectivity index (χ4n) is 3.15. The summed E-state index contributed by atoms with van der Waals surface area (Å²) in [5, 5.41) is 3.05. The Morgan fingerprint density at radius 1 is 1.32 bits per heavy atom. The summed E-state index contributed by atoms with van der Waals surface area (Å²) in [5.41, 5.74) is 1.49. The van der Waals surface area contributed by atoms with Gasteiger partial charge in [-0.3, -0.25) is 9.59 Å². The zero-order chi connectivity index (χ0) is 21.0. The van der Waals surface area contributed by atoms with Crippen LogP contribution in [-0.4, -0.2) is 35.7 Å². The van der Waals surface area contributed by atoms with Crippen molar-refractivity contribution in [1.82, 2.24) is 9.88 Å². The van der Waals surface area contributed by atoms with Crippen LogP contribution in [-0.2, 0) is 20.4 Å². The zero-order valence-electron chi connectivity index (χ0n) is 16.1. The quantitative estimate of drug-likeness (QED) is 0.731. The van der Waals surface area contributed by atoms with Gasteiger partial charge in [0.15, 0.2) is 5.13 Å². The molecular formula is C18H20ClN3O4S2. The Labute approximate surface area is 172 Å². The zero-order valence-corrected chi connectivity index (χ0v) is 18.5. The van der Waals surface area contributed by atoms with E-state index in [0.717, 1.165) is 0 Å². The molecule has 0 saturated carbocycles. The van der Waals surface area contributed by atoms with E-state index < -0.39 is 14.6 Å². The lowest BCUT2D eigenvalue weighted by Crippen LogP contribution is -2.41. The van der Waals surface area contributed by atoms with Crippen LogP contribution >= 0.6 is 22.0 Å². The summed E-state index contributed by atoms with van der Waals surface area (Å²) in [6.45, 7) is 9.11. The molecule has 2 aromatic rings. The molecule has 1 aromatic heterocycles. The Balaban J connectivity index is 2.20. The molecular weight excluding hydrogens is 422 g/mol. The van der Waals surface area contributed by atoms with Gasteiger partial charge in [0.1, 0.15) is 0 Å². The number of nitrogens with one attached hydrogen (secondary N) is 1. The molecule has 1 aromatic carbocycles. The molecule has 0 fully saturated rings. The van der Waals surface area contributed by atoms with Crippen LogP contribution in [0.5, 0.6) is 0 Å². The molecule has 0 aliphatic carbocycles. The first-order chi connectivity index (χ1) is 12.8. The molecule has 2 heterocycles.